The predicted molar refractivity (Wildman–Crippen MR) is 206 cm³/mol. The number of likely N-dealkylation sites (tertiary alicyclic amines) is 2. The normalized spacial score (nSPS) is 20.2. The van der Waals surface area contributed by atoms with Crippen LogP contribution in [0.1, 0.15) is 159 Å². The van der Waals surface area contributed by atoms with Gasteiger partial charge in [0.2, 0.25) is 23.6 Å². The Bertz CT molecular complexity index is 1100. The van der Waals surface area contributed by atoms with Crippen molar-refractivity contribution in [2.75, 3.05) is 26.7 Å². The number of carbonyl (C=O) groups is 4. The first kappa shape index (κ1) is 43.7. The highest BCUT2D eigenvalue weighted by molar-refractivity contribution is 5.97. The summed E-state index contributed by atoms with van der Waals surface area (Å²) in [4.78, 5) is 60.5. The molecule has 0 aliphatic carbocycles. The molecular formula is C41H75N5O4. The van der Waals surface area contributed by atoms with Crippen molar-refractivity contribution in [1.82, 2.24) is 25.3 Å². The van der Waals surface area contributed by atoms with Gasteiger partial charge in [-0.1, -0.05) is 112 Å². The zero-order valence-corrected chi connectivity index (χ0v) is 33.7. The highest BCUT2D eigenvalue weighted by Gasteiger charge is 2.40. The van der Waals surface area contributed by atoms with Crippen LogP contribution in [0.5, 0.6) is 0 Å². The highest BCUT2D eigenvalue weighted by atomic mass is 16.2. The zero-order chi connectivity index (χ0) is 37.4. The van der Waals surface area contributed by atoms with Crippen LogP contribution in [0.4, 0.5) is 0 Å². The number of nitrogens with zero attached hydrogens (tertiary/aromatic N) is 3. The molecule has 2 aliphatic rings. The Morgan fingerprint density at radius 2 is 1.38 bits per heavy atom. The third-order valence-corrected chi connectivity index (χ3v) is 10.8. The summed E-state index contributed by atoms with van der Waals surface area (Å²) >= 11 is 0. The van der Waals surface area contributed by atoms with Crippen LogP contribution in [0, 0.1) is 11.3 Å². The summed E-state index contributed by atoms with van der Waals surface area (Å²) in [6, 6.07) is -1.53. The first-order valence-corrected chi connectivity index (χ1v) is 20.2. The lowest BCUT2D eigenvalue weighted by atomic mass is 9.84. The molecular weight excluding hydrogens is 626 g/mol. The van der Waals surface area contributed by atoms with Gasteiger partial charge in [-0.15, -0.1) is 0 Å². The van der Waals surface area contributed by atoms with Gasteiger partial charge in [0.1, 0.15) is 12.1 Å². The zero-order valence-electron chi connectivity index (χ0n) is 33.7. The topological polar surface area (TPSA) is 102 Å². The number of amides is 4. The van der Waals surface area contributed by atoms with Crippen molar-refractivity contribution in [1.29, 1.82) is 0 Å². The van der Waals surface area contributed by atoms with Gasteiger partial charge in [0.15, 0.2) is 0 Å². The molecule has 0 radical (unpaired) electrons. The van der Waals surface area contributed by atoms with Crippen molar-refractivity contribution in [3.63, 3.8) is 0 Å². The SMILES string of the molecule is CCCCCCCCCCCCNC(=O)[C@@H]1CCCN1C(=O)C(C)=CC(C(C)C)N(C)C(=O)[C@@H](NC(=O)[C@H]1CCCCN1C(C)C)C(C)(C)C. The second-order valence-electron chi connectivity index (χ2n) is 16.8. The van der Waals surface area contributed by atoms with Gasteiger partial charge in [0.25, 0.3) is 0 Å². The molecule has 9 nitrogen and oxygen atoms in total. The van der Waals surface area contributed by atoms with E-state index in [4.69, 9.17) is 0 Å². The Kier molecular flexibility index (Phi) is 19.1. The van der Waals surface area contributed by atoms with E-state index in [-0.39, 0.29) is 47.7 Å². The lowest BCUT2D eigenvalue weighted by Crippen LogP contribution is -2.60. The molecule has 288 valence electrons. The van der Waals surface area contributed by atoms with Crippen LogP contribution in [0.2, 0.25) is 0 Å². The minimum absolute atomic E-state index is 0.0246. The monoisotopic (exact) mass is 702 g/mol. The summed E-state index contributed by atoms with van der Waals surface area (Å²) in [6.45, 7) is 20.4. The van der Waals surface area contributed by atoms with Gasteiger partial charge in [-0.05, 0) is 70.8 Å². The van der Waals surface area contributed by atoms with Crippen LogP contribution in [-0.4, -0.2) is 95.2 Å². The maximum absolute atomic E-state index is 14.2. The fourth-order valence-electron chi connectivity index (χ4n) is 7.62. The lowest BCUT2D eigenvalue weighted by Gasteiger charge is -2.41. The minimum atomic E-state index is -0.719. The van der Waals surface area contributed by atoms with Crippen LogP contribution < -0.4 is 10.6 Å². The number of piperidine rings is 1. The van der Waals surface area contributed by atoms with Crippen LogP contribution in [-0.2, 0) is 19.2 Å². The molecule has 2 rings (SSSR count). The molecule has 2 N–H and O–H groups in total. The molecule has 0 saturated carbocycles. The van der Waals surface area contributed by atoms with Gasteiger partial charge in [0.05, 0.1) is 12.1 Å². The molecule has 4 amide bonds. The van der Waals surface area contributed by atoms with Crippen LogP contribution in [0.3, 0.4) is 0 Å². The van der Waals surface area contributed by atoms with Crippen molar-refractivity contribution < 1.29 is 19.2 Å². The molecule has 2 aliphatic heterocycles. The molecule has 0 aromatic rings. The Balaban J connectivity index is 2.01. The first-order chi connectivity index (χ1) is 23.6. The summed E-state index contributed by atoms with van der Waals surface area (Å²) in [7, 11) is 1.77. The molecule has 0 aromatic carbocycles. The number of unbranched alkanes of at least 4 members (excludes halogenated alkanes) is 9. The quantitative estimate of drug-likeness (QED) is 0.103. The van der Waals surface area contributed by atoms with Crippen molar-refractivity contribution in [2.24, 2.45) is 11.3 Å². The van der Waals surface area contributed by atoms with Crippen molar-refractivity contribution >= 4 is 23.6 Å². The second-order valence-corrected chi connectivity index (χ2v) is 16.8. The van der Waals surface area contributed by atoms with E-state index in [2.05, 4.69) is 36.3 Å². The average molecular weight is 702 g/mol. The second kappa shape index (κ2) is 21.8. The van der Waals surface area contributed by atoms with Crippen molar-refractivity contribution in [3.05, 3.63) is 11.6 Å². The van der Waals surface area contributed by atoms with Gasteiger partial charge in [0, 0.05) is 31.8 Å². The maximum Gasteiger partial charge on any atom is 0.249 e. The molecule has 2 heterocycles. The molecule has 50 heavy (non-hydrogen) atoms. The van der Waals surface area contributed by atoms with E-state index in [0.717, 1.165) is 45.1 Å². The van der Waals surface area contributed by atoms with E-state index in [0.29, 0.717) is 25.1 Å². The third-order valence-electron chi connectivity index (χ3n) is 10.8. The van der Waals surface area contributed by atoms with E-state index >= 15 is 0 Å². The molecule has 0 bridgehead atoms. The number of hydrogen-bond acceptors (Lipinski definition) is 5. The highest BCUT2D eigenvalue weighted by Crippen LogP contribution is 2.27. The number of nitrogens with one attached hydrogen (secondary N) is 2. The molecule has 0 aromatic heterocycles. The van der Waals surface area contributed by atoms with E-state index in [9.17, 15) is 19.2 Å². The summed E-state index contributed by atoms with van der Waals surface area (Å²) in [5, 5.41) is 6.25. The standard InChI is InChI=1S/C41H75N5O4/c1-11-12-13-14-15-16-17-18-19-21-26-42-37(47)33-25-23-28-46(33)39(49)32(6)29-35(30(2)3)44(10)40(50)36(41(7,8)9)43-38(48)34-24-20-22-27-45(34)31(4)5/h29-31,33-36H,11-28H2,1-10H3,(H,42,47)(H,43,48)/t33-,34+,35?,36+/m0/s1. The van der Waals surface area contributed by atoms with Gasteiger partial charge >= 0.3 is 0 Å². The molecule has 9 heteroatoms. The number of rotatable bonds is 20. The number of hydrogen-bond donors (Lipinski definition) is 2. The molecule has 4 atom stereocenters. The van der Waals surface area contributed by atoms with Gasteiger partial charge in [-0.2, -0.15) is 0 Å². The van der Waals surface area contributed by atoms with Crippen LogP contribution in [0.15, 0.2) is 11.6 Å². The Morgan fingerprint density at radius 3 is 1.94 bits per heavy atom. The van der Waals surface area contributed by atoms with E-state index < -0.39 is 17.5 Å². The Hall–Kier alpha value is -2.42. The maximum atomic E-state index is 14.2. The number of likely N-dealkylation sites (N-methyl/N-ethyl adjacent to an activating group) is 1. The summed E-state index contributed by atoms with van der Waals surface area (Å²) in [5.41, 5.74) is 0.0159. The van der Waals surface area contributed by atoms with Crippen LogP contribution >= 0.6 is 0 Å². The average Bonchev–Trinajstić information content (AvgIpc) is 3.57. The van der Waals surface area contributed by atoms with E-state index in [1.807, 2.05) is 40.7 Å². The lowest BCUT2D eigenvalue weighted by molar-refractivity contribution is -0.142. The van der Waals surface area contributed by atoms with Gasteiger partial charge in [-0.25, -0.2) is 0 Å². The molecule has 2 saturated heterocycles. The van der Waals surface area contributed by atoms with Gasteiger partial charge < -0.3 is 20.4 Å². The van der Waals surface area contributed by atoms with E-state index in [1.165, 1.54) is 51.4 Å². The first-order valence-electron chi connectivity index (χ1n) is 20.2. The van der Waals surface area contributed by atoms with E-state index in [1.54, 1.807) is 23.8 Å². The Morgan fingerprint density at radius 1 is 0.800 bits per heavy atom. The largest absolute Gasteiger partial charge is 0.354 e. The fraction of sp³-hybridized carbons (Fsp3) is 0.854. The van der Waals surface area contributed by atoms with Gasteiger partial charge in [-0.3, -0.25) is 24.1 Å². The molecule has 0 spiro atoms. The summed E-state index contributed by atoms with van der Waals surface area (Å²) in [5.74, 6) is -0.450. The summed E-state index contributed by atoms with van der Waals surface area (Å²) in [6.07, 6.45) is 18.7. The van der Waals surface area contributed by atoms with Crippen LogP contribution in [0.25, 0.3) is 0 Å². The van der Waals surface area contributed by atoms with Crippen molar-refractivity contribution in [2.45, 2.75) is 189 Å². The Labute approximate surface area is 306 Å². The smallest absolute Gasteiger partial charge is 0.249 e. The fourth-order valence-corrected chi connectivity index (χ4v) is 7.62. The third kappa shape index (κ3) is 13.6. The number of carbonyl (C=O) groups excluding carboxylic acids is 4. The predicted octanol–water partition coefficient (Wildman–Crippen LogP) is 7.24. The van der Waals surface area contributed by atoms with Crippen molar-refractivity contribution in [3.8, 4) is 0 Å². The molecule has 1 unspecified atom stereocenters. The minimum Gasteiger partial charge on any atom is -0.354 e. The molecule has 2 fully saturated rings. The summed E-state index contributed by atoms with van der Waals surface area (Å²) < 4.78 is 0.